The Morgan fingerprint density at radius 3 is 2.25 bits per heavy atom. The molecule has 0 radical (unpaired) electrons. The van der Waals surface area contributed by atoms with E-state index in [4.69, 9.17) is 10.5 Å². The predicted molar refractivity (Wildman–Crippen MR) is 84.0 cm³/mol. The lowest BCUT2D eigenvalue weighted by atomic mass is 9.98. The van der Waals surface area contributed by atoms with Gasteiger partial charge in [-0.05, 0) is 57.2 Å². The van der Waals surface area contributed by atoms with Crippen molar-refractivity contribution >= 4 is 0 Å². The first-order valence-corrected chi connectivity index (χ1v) is 7.68. The van der Waals surface area contributed by atoms with Crippen LogP contribution in [0.2, 0.25) is 0 Å². The predicted octanol–water partition coefficient (Wildman–Crippen LogP) is 3.20. The van der Waals surface area contributed by atoms with Gasteiger partial charge in [0, 0.05) is 24.7 Å². The molecule has 0 spiro atoms. The summed E-state index contributed by atoms with van der Waals surface area (Å²) >= 11 is 0. The highest BCUT2D eigenvalue weighted by molar-refractivity contribution is 5.29. The maximum absolute atomic E-state index is 6.48. The van der Waals surface area contributed by atoms with Crippen molar-refractivity contribution in [3.8, 4) is 5.75 Å². The number of nitrogens with zero attached hydrogens (tertiary/aromatic N) is 1. The Balaban J connectivity index is 2.05. The van der Waals surface area contributed by atoms with Crippen LogP contribution in [0.3, 0.4) is 0 Å². The van der Waals surface area contributed by atoms with Crippen LogP contribution in [0, 0.1) is 5.92 Å². The first-order chi connectivity index (χ1) is 9.52. The summed E-state index contributed by atoms with van der Waals surface area (Å²) in [5.41, 5.74) is 7.66. The molecule has 2 rings (SSSR count). The minimum Gasteiger partial charge on any atom is -0.497 e. The molecule has 3 heteroatoms. The molecule has 1 saturated carbocycles. The zero-order valence-corrected chi connectivity index (χ0v) is 13.2. The minimum atomic E-state index is 0.0436. The third-order valence-corrected chi connectivity index (χ3v) is 4.37. The lowest BCUT2D eigenvalue weighted by Gasteiger charge is -2.36. The molecule has 0 amide bonds. The van der Waals surface area contributed by atoms with Gasteiger partial charge in [0.25, 0.3) is 0 Å². The number of rotatable bonds is 7. The smallest absolute Gasteiger partial charge is 0.118 e. The molecule has 1 aromatic rings. The quantitative estimate of drug-likeness (QED) is 0.831. The monoisotopic (exact) mass is 276 g/mol. The second-order valence-electron chi connectivity index (χ2n) is 6.27. The van der Waals surface area contributed by atoms with E-state index in [0.717, 1.165) is 11.7 Å². The highest BCUT2D eigenvalue weighted by atomic mass is 16.5. The Kier molecular flexibility index (Phi) is 5.06. The molecular formula is C17H28N2O. The zero-order chi connectivity index (χ0) is 14.7. The molecule has 0 heterocycles. The van der Waals surface area contributed by atoms with Gasteiger partial charge in [-0.1, -0.05) is 12.1 Å². The topological polar surface area (TPSA) is 38.5 Å². The van der Waals surface area contributed by atoms with Crippen LogP contribution in [0.15, 0.2) is 24.3 Å². The highest BCUT2D eigenvalue weighted by Crippen LogP contribution is 2.32. The van der Waals surface area contributed by atoms with E-state index in [1.165, 1.54) is 24.9 Å². The van der Waals surface area contributed by atoms with Crippen molar-refractivity contribution in [3.05, 3.63) is 29.8 Å². The fourth-order valence-electron chi connectivity index (χ4n) is 2.76. The standard InChI is InChI=1S/C17H28N2O/c1-12(2)19(11-14-5-6-14)13(3)17(18)15-7-9-16(20-4)10-8-15/h7-10,12-14,17H,5-6,11,18H2,1-4H3. The van der Waals surface area contributed by atoms with Crippen LogP contribution in [0.4, 0.5) is 0 Å². The number of nitrogens with two attached hydrogens (primary N) is 1. The van der Waals surface area contributed by atoms with E-state index >= 15 is 0 Å². The first kappa shape index (κ1) is 15.3. The Labute approximate surface area is 123 Å². The molecule has 1 aliphatic carbocycles. The lowest BCUT2D eigenvalue weighted by Crippen LogP contribution is -2.45. The third kappa shape index (κ3) is 3.74. The maximum atomic E-state index is 6.48. The summed E-state index contributed by atoms with van der Waals surface area (Å²) in [4.78, 5) is 2.55. The van der Waals surface area contributed by atoms with Gasteiger partial charge >= 0.3 is 0 Å². The van der Waals surface area contributed by atoms with E-state index in [9.17, 15) is 0 Å². The molecule has 3 nitrogen and oxygen atoms in total. The molecule has 0 bridgehead atoms. The van der Waals surface area contributed by atoms with Gasteiger partial charge in [-0.3, -0.25) is 4.90 Å². The van der Waals surface area contributed by atoms with Gasteiger partial charge < -0.3 is 10.5 Å². The molecule has 1 aromatic carbocycles. The summed E-state index contributed by atoms with van der Waals surface area (Å²) in [6.45, 7) is 7.96. The van der Waals surface area contributed by atoms with Crippen molar-refractivity contribution in [2.75, 3.05) is 13.7 Å². The zero-order valence-electron chi connectivity index (χ0n) is 13.2. The summed E-state index contributed by atoms with van der Waals surface area (Å²) < 4.78 is 5.20. The van der Waals surface area contributed by atoms with Crippen molar-refractivity contribution in [3.63, 3.8) is 0 Å². The summed E-state index contributed by atoms with van der Waals surface area (Å²) in [5, 5.41) is 0. The molecule has 2 atom stereocenters. The fourth-order valence-corrected chi connectivity index (χ4v) is 2.76. The second-order valence-corrected chi connectivity index (χ2v) is 6.27. The largest absolute Gasteiger partial charge is 0.497 e. The van der Waals surface area contributed by atoms with Crippen LogP contribution in [-0.4, -0.2) is 30.6 Å². The van der Waals surface area contributed by atoms with E-state index in [2.05, 4.69) is 37.8 Å². The van der Waals surface area contributed by atoms with E-state index in [-0.39, 0.29) is 6.04 Å². The number of benzene rings is 1. The van der Waals surface area contributed by atoms with Crippen molar-refractivity contribution < 1.29 is 4.74 Å². The van der Waals surface area contributed by atoms with Crippen LogP contribution < -0.4 is 10.5 Å². The molecule has 0 aliphatic heterocycles. The lowest BCUT2D eigenvalue weighted by molar-refractivity contribution is 0.136. The van der Waals surface area contributed by atoms with Crippen molar-refractivity contribution in [1.82, 2.24) is 4.90 Å². The molecule has 2 N–H and O–H groups in total. The summed E-state index contributed by atoms with van der Waals surface area (Å²) in [6.07, 6.45) is 2.77. The second kappa shape index (κ2) is 6.59. The van der Waals surface area contributed by atoms with Crippen molar-refractivity contribution in [2.45, 2.75) is 51.7 Å². The summed E-state index contributed by atoms with van der Waals surface area (Å²) in [6, 6.07) is 9.07. The van der Waals surface area contributed by atoms with Crippen LogP contribution >= 0.6 is 0 Å². The van der Waals surface area contributed by atoms with E-state index < -0.39 is 0 Å². The van der Waals surface area contributed by atoms with Crippen LogP contribution in [0.5, 0.6) is 5.75 Å². The first-order valence-electron chi connectivity index (χ1n) is 7.68. The molecule has 2 unspecified atom stereocenters. The molecular weight excluding hydrogens is 248 g/mol. The van der Waals surface area contributed by atoms with Crippen LogP contribution in [-0.2, 0) is 0 Å². The van der Waals surface area contributed by atoms with Crippen molar-refractivity contribution in [1.29, 1.82) is 0 Å². The van der Waals surface area contributed by atoms with Gasteiger partial charge in [0.05, 0.1) is 7.11 Å². The highest BCUT2D eigenvalue weighted by Gasteiger charge is 2.30. The normalized spacial score (nSPS) is 18.4. The number of hydrogen-bond acceptors (Lipinski definition) is 3. The van der Waals surface area contributed by atoms with Crippen LogP contribution in [0.1, 0.15) is 45.2 Å². The average Bonchev–Trinajstić information content (AvgIpc) is 3.27. The Morgan fingerprint density at radius 2 is 1.80 bits per heavy atom. The van der Waals surface area contributed by atoms with Gasteiger partial charge in [-0.15, -0.1) is 0 Å². The van der Waals surface area contributed by atoms with Gasteiger partial charge in [0.2, 0.25) is 0 Å². The Hall–Kier alpha value is -1.06. The Morgan fingerprint density at radius 1 is 1.20 bits per heavy atom. The number of methoxy groups -OCH3 is 1. The maximum Gasteiger partial charge on any atom is 0.118 e. The summed E-state index contributed by atoms with van der Waals surface area (Å²) in [7, 11) is 1.69. The minimum absolute atomic E-state index is 0.0436. The Bertz CT molecular complexity index is 412. The van der Waals surface area contributed by atoms with Gasteiger partial charge in [0.15, 0.2) is 0 Å². The molecule has 1 fully saturated rings. The molecule has 0 saturated heterocycles. The van der Waals surface area contributed by atoms with E-state index in [1.807, 2.05) is 12.1 Å². The third-order valence-electron chi connectivity index (χ3n) is 4.37. The molecule has 112 valence electrons. The molecule has 0 aromatic heterocycles. The van der Waals surface area contributed by atoms with Gasteiger partial charge in [-0.25, -0.2) is 0 Å². The van der Waals surface area contributed by atoms with Gasteiger partial charge in [-0.2, -0.15) is 0 Å². The average molecular weight is 276 g/mol. The van der Waals surface area contributed by atoms with Crippen molar-refractivity contribution in [2.24, 2.45) is 11.7 Å². The van der Waals surface area contributed by atoms with Gasteiger partial charge in [0.1, 0.15) is 5.75 Å². The fraction of sp³-hybridized carbons (Fsp3) is 0.647. The van der Waals surface area contributed by atoms with Crippen LogP contribution in [0.25, 0.3) is 0 Å². The number of hydrogen-bond donors (Lipinski definition) is 1. The summed E-state index contributed by atoms with van der Waals surface area (Å²) in [5.74, 6) is 1.77. The molecule has 20 heavy (non-hydrogen) atoms. The number of ether oxygens (including phenoxy) is 1. The SMILES string of the molecule is COc1ccc(C(N)C(C)N(CC2CC2)C(C)C)cc1. The molecule has 1 aliphatic rings. The van der Waals surface area contributed by atoms with E-state index in [1.54, 1.807) is 7.11 Å². The van der Waals surface area contributed by atoms with E-state index in [0.29, 0.717) is 12.1 Å².